The summed E-state index contributed by atoms with van der Waals surface area (Å²) >= 11 is 5.23. The standard InChI is InChI=1S/C15H12F2N2S/c1-8-3-4-12-14(5-8)19(15(20)18-12)13-7-10(16)9(2)6-11(13)17/h3-7H,1-2H3,(H,18,20). The van der Waals surface area contributed by atoms with Gasteiger partial charge in [0.25, 0.3) is 0 Å². The number of hydrogen-bond donors (Lipinski definition) is 1. The van der Waals surface area contributed by atoms with Gasteiger partial charge in [-0.25, -0.2) is 8.78 Å². The molecule has 0 radical (unpaired) electrons. The Hall–Kier alpha value is -2.01. The number of halogens is 2. The molecule has 0 aliphatic carbocycles. The van der Waals surface area contributed by atoms with Gasteiger partial charge in [-0.05, 0) is 55.4 Å². The molecule has 0 amide bonds. The predicted octanol–water partition coefficient (Wildman–Crippen LogP) is 4.58. The smallest absolute Gasteiger partial charge is 0.182 e. The summed E-state index contributed by atoms with van der Waals surface area (Å²) in [7, 11) is 0. The number of H-pyrrole nitrogens is 1. The monoisotopic (exact) mass is 290 g/mol. The van der Waals surface area contributed by atoms with E-state index in [0.29, 0.717) is 4.77 Å². The molecule has 0 bridgehead atoms. The van der Waals surface area contributed by atoms with Crippen molar-refractivity contribution < 1.29 is 8.78 Å². The molecule has 0 unspecified atom stereocenters. The summed E-state index contributed by atoms with van der Waals surface area (Å²) < 4.78 is 29.8. The number of nitrogens with zero attached hydrogens (tertiary/aromatic N) is 1. The first-order valence-electron chi connectivity index (χ1n) is 6.15. The van der Waals surface area contributed by atoms with Crippen LogP contribution in [0.15, 0.2) is 30.3 Å². The third-order valence-electron chi connectivity index (χ3n) is 3.31. The third-order valence-corrected chi connectivity index (χ3v) is 3.59. The van der Waals surface area contributed by atoms with Crippen molar-refractivity contribution in [1.82, 2.24) is 9.55 Å². The molecule has 3 rings (SSSR count). The maximum Gasteiger partial charge on any atom is 0.182 e. The van der Waals surface area contributed by atoms with Gasteiger partial charge in [0.2, 0.25) is 0 Å². The Balaban J connectivity index is 2.40. The van der Waals surface area contributed by atoms with E-state index in [4.69, 9.17) is 12.2 Å². The topological polar surface area (TPSA) is 20.7 Å². The quantitative estimate of drug-likeness (QED) is 0.650. The molecule has 2 aromatic carbocycles. The van der Waals surface area contributed by atoms with Gasteiger partial charge in [0.05, 0.1) is 16.7 Å². The van der Waals surface area contributed by atoms with E-state index in [9.17, 15) is 8.78 Å². The minimum absolute atomic E-state index is 0.120. The highest BCUT2D eigenvalue weighted by Gasteiger charge is 2.13. The van der Waals surface area contributed by atoms with Crippen LogP contribution in [0.4, 0.5) is 8.78 Å². The van der Waals surface area contributed by atoms with Gasteiger partial charge in [-0.1, -0.05) is 6.07 Å². The molecule has 3 aromatic rings. The Labute approximate surface area is 119 Å². The molecule has 0 aliphatic rings. The highest BCUT2D eigenvalue weighted by atomic mass is 32.1. The Morgan fingerprint density at radius 1 is 1.05 bits per heavy atom. The lowest BCUT2D eigenvalue weighted by Gasteiger charge is -2.08. The summed E-state index contributed by atoms with van der Waals surface area (Å²) in [4.78, 5) is 3.00. The molecule has 5 heteroatoms. The van der Waals surface area contributed by atoms with Gasteiger partial charge >= 0.3 is 0 Å². The fourth-order valence-electron chi connectivity index (χ4n) is 2.26. The zero-order valence-corrected chi connectivity index (χ0v) is 11.8. The second-order valence-corrected chi connectivity index (χ2v) is 5.23. The summed E-state index contributed by atoms with van der Waals surface area (Å²) in [5.41, 5.74) is 2.94. The highest BCUT2D eigenvalue weighted by Crippen LogP contribution is 2.24. The number of aryl methyl sites for hydroxylation is 2. The van der Waals surface area contributed by atoms with Crippen LogP contribution in [0.25, 0.3) is 16.7 Å². The Bertz CT molecular complexity index is 877. The molecule has 0 fully saturated rings. The van der Waals surface area contributed by atoms with E-state index in [1.54, 1.807) is 0 Å². The molecule has 0 aliphatic heterocycles. The zero-order chi connectivity index (χ0) is 14.4. The molecule has 0 saturated heterocycles. The molecular weight excluding hydrogens is 278 g/mol. The van der Waals surface area contributed by atoms with Crippen LogP contribution in [-0.4, -0.2) is 9.55 Å². The van der Waals surface area contributed by atoms with Crippen molar-refractivity contribution in [1.29, 1.82) is 0 Å². The van der Waals surface area contributed by atoms with Crippen LogP contribution in [0.3, 0.4) is 0 Å². The van der Waals surface area contributed by atoms with E-state index in [2.05, 4.69) is 4.98 Å². The van der Waals surface area contributed by atoms with Crippen molar-refractivity contribution >= 4 is 23.3 Å². The Morgan fingerprint density at radius 3 is 2.55 bits per heavy atom. The van der Waals surface area contributed by atoms with Gasteiger partial charge in [0, 0.05) is 6.07 Å². The van der Waals surface area contributed by atoms with Crippen molar-refractivity contribution in [3.05, 3.63) is 57.9 Å². The highest BCUT2D eigenvalue weighted by molar-refractivity contribution is 7.71. The second-order valence-electron chi connectivity index (χ2n) is 4.84. The van der Waals surface area contributed by atoms with Crippen LogP contribution in [0.5, 0.6) is 0 Å². The van der Waals surface area contributed by atoms with Crippen molar-refractivity contribution in [2.45, 2.75) is 13.8 Å². The number of aromatic amines is 1. The molecular formula is C15H12F2N2S. The van der Waals surface area contributed by atoms with E-state index < -0.39 is 11.6 Å². The lowest BCUT2D eigenvalue weighted by Crippen LogP contribution is -2.00. The first-order valence-corrected chi connectivity index (χ1v) is 6.55. The van der Waals surface area contributed by atoms with Gasteiger partial charge in [-0.2, -0.15) is 0 Å². The molecule has 0 saturated carbocycles. The molecule has 1 N–H and O–H groups in total. The molecule has 0 atom stereocenters. The number of benzene rings is 2. The number of fused-ring (bicyclic) bond motifs is 1. The second kappa shape index (κ2) is 4.52. The lowest BCUT2D eigenvalue weighted by molar-refractivity contribution is 0.586. The van der Waals surface area contributed by atoms with Crippen LogP contribution in [0.1, 0.15) is 11.1 Å². The molecule has 1 aromatic heterocycles. The van der Waals surface area contributed by atoms with Crippen LogP contribution >= 0.6 is 12.2 Å². The zero-order valence-electron chi connectivity index (χ0n) is 11.0. The van der Waals surface area contributed by atoms with E-state index in [1.165, 1.54) is 23.6 Å². The normalized spacial score (nSPS) is 11.2. The van der Waals surface area contributed by atoms with Gasteiger partial charge in [0.15, 0.2) is 4.77 Å². The lowest BCUT2D eigenvalue weighted by atomic mass is 10.2. The predicted molar refractivity (Wildman–Crippen MR) is 77.8 cm³/mol. The molecule has 2 nitrogen and oxygen atoms in total. The number of rotatable bonds is 1. The first kappa shape index (κ1) is 13.0. The molecule has 0 spiro atoms. The number of imidazole rings is 1. The van der Waals surface area contributed by atoms with Gasteiger partial charge in [-0.15, -0.1) is 0 Å². The maximum atomic E-state index is 14.2. The van der Waals surface area contributed by atoms with Gasteiger partial charge in [0.1, 0.15) is 11.6 Å². The number of aromatic nitrogens is 2. The van der Waals surface area contributed by atoms with E-state index >= 15 is 0 Å². The van der Waals surface area contributed by atoms with Gasteiger partial charge < -0.3 is 4.98 Å². The molecule has 1 heterocycles. The SMILES string of the molecule is Cc1ccc2[nH]c(=S)n(-c3cc(F)c(C)cc3F)c2c1. The van der Waals surface area contributed by atoms with E-state index in [1.807, 2.05) is 25.1 Å². The maximum absolute atomic E-state index is 14.2. The molecule has 102 valence electrons. The summed E-state index contributed by atoms with van der Waals surface area (Å²) in [5.74, 6) is -0.951. The molecule has 20 heavy (non-hydrogen) atoms. The van der Waals surface area contributed by atoms with E-state index in [0.717, 1.165) is 16.6 Å². The van der Waals surface area contributed by atoms with Crippen molar-refractivity contribution in [3.63, 3.8) is 0 Å². The fourth-order valence-corrected chi connectivity index (χ4v) is 2.57. The van der Waals surface area contributed by atoms with Crippen molar-refractivity contribution in [2.75, 3.05) is 0 Å². The van der Waals surface area contributed by atoms with Crippen LogP contribution in [0.2, 0.25) is 0 Å². The fraction of sp³-hybridized carbons (Fsp3) is 0.133. The summed E-state index contributed by atoms with van der Waals surface area (Å²) in [6.07, 6.45) is 0. The van der Waals surface area contributed by atoms with Crippen molar-refractivity contribution in [3.8, 4) is 5.69 Å². The van der Waals surface area contributed by atoms with Gasteiger partial charge in [-0.3, -0.25) is 4.57 Å². The van der Waals surface area contributed by atoms with E-state index in [-0.39, 0.29) is 11.3 Å². The summed E-state index contributed by atoms with van der Waals surface area (Å²) in [5, 5.41) is 0. The first-order chi connectivity index (χ1) is 9.47. The largest absolute Gasteiger partial charge is 0.330 e. The average molecular weight is 290 g/mol. The van der Waals surface area contributed by atoms with Crippen LogP contribution < -0.4 is 0 Å². The summed E-state index contributed by atoms with van der Waals surface area (Å²) in [6, 6.07) is 8.05. The van der Waals surface area contributed by atoms with Crippen LogP contribution in [-0.2, 0) is 0 Å². The number of nitrogens with one attached hydrogen (secondary N) is 1. The Kier molecular flexibility index (Phi) is 2.94. The van der Waals surface area contributed by atoms with Crippen molar-refractivity contribution in [2.24, 2.45) is 0 Å². The van der Waals surface area contributed by atoms with Crippen LogP contribution in [0, 0.1) is 30.3 Å². The third kappa shape index (κ3) is 1.94. The summed E-state index contributed by atoms with van der Waals surface area (Å²) in [6.45, 7) is 3.47. The minimum atomic E-state index is -0.498. The average Bonchev–Trinajstić information content (AvgIpc) is 2.69. The minimum Gasteiger partial charge on any atom is -0.330 e. The Morgan fingerprint density at radius 2 is 1.80 bits per heavy atom. The number of hydrogen-bond acceptors (Lipinski definition) is 1.